The van der Waals surface area contributed by atoms with E-state index in [0.29, 0.717) is 31.7 Å². The molecule has 226 valence electrons. The number of carbonyl (C=O) groups is 2. The molecule has 0 amide bonds. The second-order valence-electron chi connectivity index (χ2n) is 10.6. The summed E-state index contributed by atoms with van der Waals surface area (Å²) in [5.41, 5.74) is 5.44. The molecule has 1 atom stereocenters. The molecule has 0 aliphatic heterocycles. The summed E-state index contributed by atoms with van der Waals surface area (Å²) in [6, 6.07) is 31.0. The number of unbranched alkanes of at least 4 members (excludes halogenated alkanes) is 1. The fourth-order valence-corrected chi connectivity index (χ4v) is 5.70. The van der Waals surface area contributed by atoms with Crippen molar-refractivity contribution >= 4 is 23.3 Å². The highest BCUT2D eigenvalue weighted by molar-refractivity contribution is 7.10. The van der Waals surface area contributed by atoms with E-state index in [1.54, 1.807) is 23.5 Å². The monoisotopic (exact) mass is 599 g/mol. The highest BCUT2D eigenvalue weighted by Crippen LogP contribution is 2.26. The van der Waals surface area contributed by atoms with Crippen LogP contribution in [-0.4, -0.2) is 44.1 Å². The number of aryl methyl sites for hydroxylation is 2. The summed E-state index contributed by atoms with van der Waals surface area (Å²) < 4.78 is 16.2. The van der Waals surface area contributed by atoms with Crippen LogP contribution >= 0.6 is 11.3 Å². The smallest absolute Gasteiger partial charge is 0.337 e. The van der Waals surface area contributed by atoms with Gasteiger partial charge >= 0.3 is 11.9 Å². The van der Waals surface area contributed by atoms with Gasteiger partial charge in [-0.25, -0.2) is 4.79 Å². The number of hydrogen-bond acceptors (Lipinski definition) is 7. The van der Waals surface area contributed by atoms with Crippen LogP contribution in [0.3, 0.4) is 0 Å². The highest BCUT2D eigenvalue weighted by atomic mass is 32.1. The predicted molar refractivity (Wildman–Crippen MR) is 171 cm³/mol. The number of thiophene rings is 1. The van der Waals surface area contributed by atoms with Gasteiger partial charge in [-0.15, -0.1) is 11.3 Å². The Morgan fingerprint density at radius 3 is 2.07 bits per heavy atom. The van der Waals surface area contributed by atoms with Crippen molar-refractivity contribution in [1.29, 1.82) is 0 Å². The van der Waals surface area contributed by atoms with Crippen molar-refractivity contribution in [3.8, 4) is 0 Å². The summed E-state index contributed by atoms with van der Waals surface area (Å²) in [5.74, 6) is -0.530. The zero-order valence-electron chi connectivity index (χ0n) is 25.1. The molecule has 4 aromatic rings. The lowest BCUT2D eigenvalue weighted by atomic mass is 10.0. The maximum absolute atomic E-state index is 11.9. The van der Waals surface area contributed by atoms with Gasteiger partial charge in [0.1, 0.15) is 6.10 Å². The maximum atomic E-state index is 11.9. The number of rotatable bonds is 17. The molecule has 43 heavy (non-hydrogen) atoms. The quantitative estimate of drug-likeness (QED) is 0.0930. The molecular formula is C36H41NO5S. The van der Waals surface area contributed by atoms with Gasteiger partial charge in [-0.3, -0.25) is 9.69 Å². The van der Waals surface area contributed by atoms with Gasteiger partial charge in [-0.2, -0.15) is 0 Å². The normalized spacial score (nSPS) is 11.8. The molecule has 1 unspecified atom stereocenters. The van der Waals surface area contributed by atoms with E-state index < -0.39 is 0 Å². The molecule has 6 nitrogen and oxygen atoms in total. The second-order valence-corrected chi connectivity index (χ2v) is 11.6. The van der Waals surface area contributed by atoms with Crippen molar-refractivity contribution in [2.75, 3.05) is 27.3 Å². The van der Waals surface area contributed by atoms with Gasteiger partial charge in [0.2, 0.25) is 0 Å². The zero-order chi connectivity index (χ0) is 30.3. The third kappa shape index (κ3) is 10.8. The Hall–Kier alpha value is -3.78. The van der Waals surface area contributed by atoms with Crippen LogP contribution in [0.5, 0.6) is 0 Å². The molecule has 0 aliphatic carbocycles. The van der Waals surface area contributed by atoms with Crippen molar-refractivity contribution < 1.29 is 23.8 Å². The van der Waals surface area contributed by atoms with Gasteiger partial charge < -0.3 is 14.2 Å². The maximum Gasteiger partial charge on any atom is 0.337 e. The molecule has 1 heterocycles. The molecule has 4 rings (SSSR count). The molecule has 0 spiro atoms. The van der Waals surface area contributed by atoms with E-state index >= 15 is 0 Å². The summed E-state index contributed by atoms with van der Waals surface area (Å²) in [6.45, 7) is 2.72. The summed E-state index contributed by atoms with van der Waals surface area (Å²) in [4.78, 5) is 27.1. The van der Waals surface area contributed by atoms with Gasteiger partial charge in [0.15, 0.2) is 0 Å². The average molecular weight is 600 g/mol. The summed E-state index contributed by atoms with van der Waals surface area (Å²) in [7, 11) is 2.81. The molecule has 1 aromatic heterocycles. The minimum absolute atomic E-state index is 0.104. The van der Waals surface area contributed by atoms with Crippen LogP contribution in [0.15, 0.2) is 96.4 Å². The van der Waals surface area contributed by atoms with E-state index in [1.807, 2.05) is 12.1 Å². The Balaban J connectivity index is 1.40. The standard InChI is InChI=1S/C36H41NO5S/c1-40-35(38)12-6-7-23-37(25-30-19-21-32(22-20-30)36(39)41-2)26-33(34-11-8-24-43-34)42-27-31-17-15-29(16-18-31)14-13-28-9-4-3-5-10-28/h3-5,8-11,15-22,24,33H,6-7,12-14,23,25-27H2,1-2H3. The number of benzene rings is 3. The zero-order valence-corrected chi connectivity index (χ0v) is 25.9. The number of ether oxygens (including phenoxy) is 3. The third-order valence-corrected chi connectivity index (χ3v) is 8.38. The first-order valence-corrected chi connectivity index (χ1v) is 15.6. The van der Waals surface area contributed by atoms with Gasteiger partial charge in [0, 0.05) is 24.4 Å². The van der Waals surface area contributed by atoms with E-state index in [-0.39, 0.29) is 18.0 Å². The number of hydrogen-bond donors (Lipinski definition) is 0. The minimum atomic E-state index is -0.346. The van der Waals surface area contributed by atoms with Crippen LogP contribution in [0, 0.1) is 0 Å². The fourth-order valence-electron chi connectivity index (χ4n) is 4.93. The minimum Gasteiger partial charge on any atom is -0.469 e. The van der Waals surface area contributed by atoms with E-state index in [2.05, 4.69) is 77.0 Å². The Labute approximate surface area is 259 Å². The SMILES string of the molecule is COC(=O)CCCCN(Cc1ccc(C(=O)OC)cc1)CC(OCc1ccc(CCc2ccccc2)cc1)c1cccs1. The first-order valence-electron chi connectivity index (χ1n) is 14.8. The highest BCUT2D eigenvalue weighted by Gasteiger charge is 2.19. The van der Waals surface area contributed by atoms with Crippen molar-refractivity contribution in [3.63, 3.8) is 0 Å². The summed E-state index contributed by atoms with van der Waals surface area (Å²) in [6.07, 6.45) is 3.95. The number of nitrogens with zero attached hydrogens (tertiary/aromatic N) is 1. The topological polar surface area (TPSA) is 65.1 Å². The van der Waals surface area contributed by atoms with E-state index in [1.165, 1.54) is 30.2 Å². The van der Waals surface area contributed by atoms with E-state index in [4.69, 9.17) is 14.2 Å². The van der Waals surface area contributed by atoms with Crippen LogP contribution in [-0.2, 0) is 45.0 Å². The molecule has 7 heteroatoms. The van der Waals surface area contributed by atoms with Crippen molar-refractivity contribution in [3.05, 3.63) is 129 Å². The lowest BCUT2D eigenvalue weighted by Gasteiger charge is -2.27. The molecule has 0 radical (unpaired) electrons. The van der Waals surface area contributed by atoms with Gasteiger partial charge in [0.25, 0.3) is 0 Å². The van der Waals surface area contributed by atoms with Crippen LogP contribution in [0.25, 0.3) is 0 Å². The van der Waals surface area contributed by atoms with Gasteiger partial charge in [-0.1, -0.05) is 72.8 Å². The Morgan fingerprint density at radius 1 is 0.744 bits per heavy atom. The average Bonchev–Trinajstić information content (AvgIpc) is 3.60. The molecule has 0 saturated carbocycles. The molecule has 0 saturated heterocycles. The van der Waals surface area contributed by atoms with Crippen molar-refractivity contribution in [2.24, 2.45) is 0 Å². The number of methoxy groups -OCH3 is 2. The van der Waals surface area contributed by atoms with Crippen LogP contribution in [0.2, 0.25) is 0 Å². The fraction of sp³-hybridized carbons (Fsp3) is 0.333. The molecule has 0 aliphatic rings. The summed E-state index contributed by atoms with van der Waals surface area (Å²) >= 11 is 1.70. The van der Waals surface area contributed by atoms with Crippen LogP contribution in [0.4, 0.5) is 0 Å². The first kappa shape index (κ1) is 32.1. The molecule has 0 N–H and O–H groups in total. The Bertz CT molecular complexity index is 1370. The van der Waals surface area contributed by atoms with Gasteiger partial charge in [0.05, 0.1) is 26.4 Å². The Morgan fingerprint density at radius 2 is 1.42 bits per heavy atom. The molecule has 0 fully saturated rings. The molecule has 3 aromatic carbocycles. The second kappa shape index (κ2) is 17.4. The Kier molecular flexibility index (Phi) is 13.0. The van der Waals surface area contributed by atoms with E-state index in [0.717, 1.165) is 43.4 Å². The van der Waals surface area contributed by atoms with E-state index in [9.17, 15) is 9.59 Å². The largest absolute Gasteiger partial charge is 0.469 e. The lowest BCUT2D eigenvalue weighted by Crippen LogP contribution is -2.30. The van der Waals surface area contributed by atoms with Gasteiger partial charge in [-0.05, 0) is 78.1 Å². The predicted octanol–water partition coefficient (Wildman–Crippen LogP) is 7.42. The lowest BCUT2D eigenvalue weighted by molar-refractivity contribution is -0.140. The molecule has 0 bridgehead atoms. The third-order valence-electron chi connectivity index (χ3n) is 7.42. The first-order chi connectivity index (χ1) is 21.0. The van der Waals surface area contributed by atoms with Crippen molar-refractivity contribution in [2.45, 2.75) is 51.4 Å². The molecular weight excluding hydrogens is 558 g/mol. The van der Waals surface area contributed by atoms with Crippen LogP contribution in [0.1, 0.15) is 62.9 Å². The number of esters is 2. The van der Waals surface area contributed by atoms with Crippen LogP contribution < -0.4 is 0 Å². The van der Waals surface area contributed by atoms with Crippen molar-refractivity contribution in [1.82, 2.24) is 4.90 Å². The number of carbonyl (C=O) groups excluding carboxylic acids is 2. The summed E-state index contributed by atoms with van der Waals surface area (Å²) in [5, 5.41) is 2.08.